The molecule has 1 heterocycles. The number of nitrogens with zero attached hydrogens (tertiary/aromatic N) is 2. The first kappa shape index (κ1) is 20.9. The number of halogens is 1. The zero-order valence-electron chi connectivity index (χ0n) is 16.3. The van der Waals surface area contributed by atoms with Gasteiger partial charge in [0.2, 0.25) is 5.91 Å². The molecule has 2 amide bonds. The van der Waals surface area contributed by atoms with Gasteiger partial charge in [0.15, 0.2) is 0 Å². The topological polar surface area (TPSA) is 75.9 Å². The Morgan fingerprint density at radius 3 is 2.31 bits per heavy atom. The molecule has 0 aromatic rings. The molecule has 6 nitrogen and oxygen atoms in total. The molecule has 26 heavy (non-hydrogen) atoms. The molecule has 0 aromatic carbocycles. The summed E-state index contributed by atoms with van der Waals surface area (Å²) in [5.74, 6) is 0.245. The lowest BCUT2D eigenvalue weighted by Crippen LogP contribution is -2.48. The van der Waals surface area contributed by atoms with E-state index in [1.54, 1.807) is 9.80 Å². The Morgan fingerprint density at radius 1 is 1.19 bits per heavy atom. The van der Waals surface area contributed by atoms with Crippen LogP contribution in [0.4, 0.5) is 9.18 Å². The maximum absolute atomic E-state index is 13.3. The van der Waals surface area contributed by atoms with Crippen molar-refractivity contribution in [3.8, 4) is 0 Å². The van der Waals surface area contributed by atoms with Gasteiger partial charge in [-0.3, -0.25) is 4.79 Å². The van der Waals surface area contributed by atoms with Crippen molar-refractivity contribution >= 4 is 12.0 Å². The van der Waals surface area contributed by atoms with Crippen LogP contribution >= 0.6 is 0 Å². The molecular weight excluding hydrogens is 337 g/mol. The lowest BCUT2D eigenvalue weighted by molar-refractivity contribution is -0.133. The van der Waals surface area contributed by atoms with E-state index >= 15 is 0 Å². The first-order valence-electron chi connectivity index (χ1n) is 10.0. The van der Waals surface area contributed by atoms with Crippen molar-refractivity contribution in [2.24, 2.45) is 17.6 Å². The van der Waals surface area contributed by atoms with E-state index < -0.39 is 12.2 Å². The van der Waals surface area contributed by atoms with Crippen LogP contribution in [0.1, 0.15) is 52.9 Å². The first-order valence-corrected chi connectivity index (χ1v) is 10.0. The van der Waals surface area contributed by atoms with Crippen molar-refractivity contribution < 1.29 is 18.7 Å². The number of hydrogen-bond donors (Lipinski definition) is 1. The fourth-order valence-electron chi connectivity index (χ4n) is 4.08. The number of alkyl halides is 1. The Hall–Kier alpha value is -1.37. The predicted octanol–water partition coefficient (Wildman–Crippen LogP) is 2.56. The van der Waals surface area contributed by atoms with Crippen LogP contribution in [0.2, 0.25) is 0 Å². The van der Waals surface area contributed by atoms with Gasteiger partial charge < -0.3 is 20.3 Å². The third-order valence-corrected chi connectivity index (χ3v) is 6.05. The van der Waals surface area contributed by atoms with Crippen molar-refractivity contribution in [2.75, 3.05) is 26.2 Å². The zero-order chi connectivity index (χ0) is 19.3. The normalized spacial score (nSPS) is 28.5. The molecule has 1 aliphatic heterocycles. The molecule has 150 valence electrons. The molecule has 2 N–H and O–H groups in total. The Bertz CT molecular complexity index is 479. The molecule has 0 radical (unpaired) electrons. The molecule has 2 fully saturated rings. The molecule has 0 unspecified atom stereocenters. The third kappa shape index (κ3) is 5.09. The maximum atomic E-state index is 13.3. The highest BCUT2D eigenvalue weighted by Gasteiger charge is 2.36. The van der Waals surface area contributed by atoms with E-state index in [1.807, 2.05) is 20.8 Å². The molecule has 1 aliphatic carbocycles. The van der Waals surface area contributed by atoms with E-state index in [4.69, 9.17) is 10.5 Å². The van der Waals surface area contributed by atoms with Crippen LogP contribution < -0.4 is 5.73 Å². The van der Waals surface area contributed by atoms with Crippen molar-refractivity contribution in [3.63, 3.8) is 0 Å². The fourth-order valence-corrected chi connectivity index (χ4v) is 4.08. The second kappa shape index (κ2) is 9.53. The van der Waals surface area contributed by atoms with Gasteiger partial charge in [-0.05, 0) is 57.8 Å². The SMILES string of the molecule is CCN(CC)C(=O)OC1CCC([C@H](C)[C@H](N)C(=O)N2CC[C@H](F)C2)CC1. The Morgan fingerprint density at radius 2 is 1.81 bits per heavy atom. The Labute approximate surface area is 156 Å². The number of ether oxygens (including phenoxy) is 1. The second-order valence-electron chi connectivity index (χ2n) is 7.65. The lowest BCUT2D eigenvalue weighted by Gasteiger charge is -2.35. The van der Waals surface area contributed by atoms with Gasteiger partial charge in [0, 0.05) is 19.6 Å². The molecular formula is C19H34FN3O3. The van der Waals surface area contributed by atoms with Crippen LogP contribution in [-0.4, -0.2) is 66.3 Å². The van der Waals surface area contributed by atoms with Crippen LogP contribution in [0.5, 0.6) is 0 Å². The summed E-state index contributed by atoms with van der Waals surface area (Å²) < 4.78 is 18.9. The molecule has 2 aliphatic rings. The lowest BCUT2D eigenvalue weighted by atomic mass is 9.76. The first-order chi connectivity index (χ1) is 12.4. The van der Waals surface area contributed by atoms with Gasteiger partial charge in [0.25, 0.3) is 0 Å². The predicted molar refractivity (Wildman–Crippen MR) is 98.4 cm³/mol. The summed E-state index contributed by atoms with van der Waals surface area (Å²) in [4.78, 5) is 27.8. The summed E-state index contributed by atoms with van der Waals surface area (Å²) in [5, 5.41) is 0. The minimum atomic E-state index is -0.919. The average molecular weight is 371 g/mol. The van der Waals surface area contributed by atoms with Crippen molar-refractivity contribution in [1.29, 1.82) is 0 Å². The van der Waals surface area contributed by atoms with Crippen molar-refractivity contribution in [3.05, 3.63) is 0 Å². The fraction of sp³-hybridized carbons (Fsp3) is 0.895. The van der Waals surface area contributed by atoms with E-state index in [2.05, 4.69) is 0 Å². The highest BCUT2D eigenvalue weighted by molar-refractivity contribution is 5.82. The van der Waals surface area contributed by atoms with Gasteiger partial charge in [-0.2, -0.15) is 0 Å². The summed E-state index contributed by atoms with van der Waals surface area (Å²) >= 11 is 0. The molecule has 2 rings (SSSR count). The van der Waals surface area contributed by atoms with Crippen molar-refractivity contribution in [1.82, 2.24) is 9.80 Å². The van der Waals surface area contributed by atoms with Gasteiger partial charge in [0.05, 0.1) is 12.6 Å². The van der Waals surface area contributed by atoms with E-state index in [1.165, 1.54) is 0 Å². The van der Waals surface area contributed by atoms with Crippen LogP contribution in [0.3, 0.4) is 0 Å². The van der Waals surface area contributed by atoms with Gasteiger partial charge in [0.1, 0.15) is 12.3 Å². The summed E-state index contributed by atoms with van der Waals surface area (Å²) in [6.07, 6.45) is 2.59. The van der Waals surface area contributed by atoms with E-state index in [-0.39, 0.29) is 30.6 Å². The summed E-state index contributed by atoms with van der Waals surface area (Å²) in [5.41, 5.74) is 6.20. The van der Waals surface area contributed by atoms with Crippen LogP contribution in [0.25, 0.3) is 0 Å². The standard InChI is InChI=1S/C19H34FN3O3/c1-4-22(5-2)19(25)26-16-8-6-14(7-9-16)13(3)17(21)18(24)23-11-10-15(20)12-23/h13-17H,4-12,21H2,1-3H3/t13-,14?,15-,16?,17-/m0/s1. The summed E-state index contributed by atoms with van der Waals surface area (Å²) in [6, 6.07) is -0.583. The van der Waals surface area contributed by atoms with Crippen LogP contribution in [-0.2, 0) is 9.53 Å². The van der Waals surface area contributed by atoms with E-state index in [0.717, 1.165) is 25.7 Å². The molecule has 3 atom stereocenters. The summed E-state index contributed by atoms with van der Waals surface area (Å²) in [7, 11) is 0. The second-order valence-corrected chi connectivity index (χ2v) is 7.65. The number of carbonyl (C=O) groups is 2. The quantitative estimate of drug-likeness (QED) is 0.778. The maximum Gasteiger partial charge on any atom is 0.410 e. The minimum absolute atomic E-state index is 0.0422. The molecule has 0 aromatic heterocycles. The molecule has 0 bridgehead atoms. The molecule has 0 spiro atoms. The van der Waals surface area contributed by atoms with Gasteiger partial charge in [-0.25, -0.2) is 9.18 Å². The van der Waals surface area contributed by atoms with E-state index in [0.29, 0.717) is 32.0 Å². The average Bonchev–Trinajstić information content (AvgIpc) is 3.08. The van der Waals surface area contributed by atoms with E-state index in [9.17, 15) is 14.0 Å². The highest BCUT2D eigenvalue weighted by atomic mass is 19.1. The number of likely N-dealkylation sites (tertiary alicyclic amines) is 1. The van der Waals surface area contributed by atoms with Crippen LogP contribution in [0, 0.1) is 11.8 Å². The third-order valence-electron chi connectivity index (χ3n) is 6.05. The number of amides is 2. The van der Waals surface area contributed by atoms with Gasteiger partial charge >= 0.3 is 6.09 Å². The number of rotatable bonds is 6. The Balaban J connectivity index is 1.79. The van der Waals surface area contributed by atoms with Crippen molar-refractivity contribution in [2.45, 2.75) is 71.2 Å². The number of nitrogens with two attached hydrogens (primary N) is 1. The van der Waals surface area contributed by atoms with Gasteiger partial charge in [-0.15, -0.1) is 0 Å². The highest BCUT2D eigenvalue weighted by Crippen LogP contribution is 2.33. The molecule has 1 saturated heterocycles. The Kier molecular flexibility index (Phi) is 7.68. The number of hydrogen-bond acceptors (Lipinski definition) is 4. The number of carbonyl (C=O) groups excluding carboxylic acids is 2. The smallest absolute Gasteiger partial charge is 0.410 e. The monoisotopic (exact) mass is 371 g/mol. The largest absolute Gasteiger partial charge is 0.446 e. The zero-order valence-corrected chi connectivity index (χ0v) is 16.3. The van der Waals surface area contributed by atoms with Crippen LogP contribution in [0.15, 0.2) is 0 Å². The summed E-state index contributed by atoms with van der Waals surface area (Å²) in [6.45, 7) is 7.82. The van der Waals surface area contributed by atoms with Gasteiger partial charge in [-0.1, -0.05) is 6.92 Å². The molecule has 1 saturated carbocycles. The minimum Gasteiger partial charge on any atom is -0.446 e. The molecule has 7 heteroatoms.